The van der Waals surface area contributed by atoms with E-state index in [2.05, 4.69) is 11.7 Å². The monoisotopic (exact) mass is 500 g/mol. The fraction of sp³-hybridized carbons (Fsp3) is 0.276. The number of para-hydroxylation sites is 1. The first-order valence-corrected chi connectivity index (χ1v) is 12.1. The van der Waals surface area contributed by atoms with E-state index in [4.69, 9.17) is 19.2 Å². The van der Waals surface area contributed by atoms with Gasteiger partial charge in [-0.15, -0.1) is 0 Å². The van der Waals surface area contributed by atoms with E-state index in [1.807, 2.05) is 63.4 Å². The molecule has 8 heteroatoms. The van der Waals surface area contributed by atoms with Crippen LogP contribution in [0.1, 0.15) is 48.1 Å². The maximum Gasteiger partial charge on any atom is 0.260 e. The average Bonchev–Trinajstić information content (AvgIpc) is 3.48. The van der Waals surface area contributed by atoms with Gasteiger partial charge in [-0.05, 0) is 50.6 Å². The molecule has 0 spiro atoms. The lowest BCUT2D eigenvalue weighted by Gasteiger charge is -2.14. The Bertz CT molecular complexity index is 1380. The average molecular weight is 501 g/mol. The molecule has 0 aliphatic carbocycles. The molecule has 1 aliphatic heterocycles. The van der Waals surface area contributed by atoms with Crippen LogP contribution in [0.5, 0.6) is 11.5 Å². The number of hydrogen-bond donors (Lipinski definition) is 0. The lowest BCUT2D eigenvalue weighted by atomic mass is 10.1. The molecule has 4 rings (SSSR count). The van der Waals surface area contributed by atoms with Gasteiger partial charge in [0.2, 0.25) is 0 Å². The summed E-state index contributed by atoms with van der Waals surface area (Å²) in [6.07, 6.45) is 7.19. The normalized spacial score (nSPS) is 12.8. The SMILES string of the molecule is C=C/C(=C\C(OC)=C(C)C)c1ccc2c(n1)CN(c1cnn(Cc3cccc(OCC)c3OC)c1)C2=O. The number of benzene rings is 1. The summed E-state index contributed by atoms with van der Waals surface area (Å²) in [5.41, 5.74) is 5.53. The van der Waals surface area contributed by atoms with Crippen LogP contribution >= 0.6 is 0 Å². The third kappa shape index (κ3) is 5.28. The van der Waals surface area contributed by atoms with Gasteiger partial charge in [0.15, 0.2) is 11.5 Å². The third-order valence-electron chi connectivity index (χ3n) is 6.10. The largest absolute Gasteiger partial charge is 0.497 e. The number of nitrogens with zero attached hydrogens (tertiary/aromatic N) is 4. The number of fused-ring (bicyclic) bond motifs is 1. The van der Waals surface area contributed by atoms with Gasteiger partial charge in [-0.1, -0.05) is 24.8 Å². The van der Waals surface area contributed by atoms with Gasteiger partial charge in [0.1, 0.15) is 5.76 Å². The molecule has 8 nitrogen and oxygen atoms in total. The minimum Gasteiger partial charge on any atom is -0.497 e. The van der Waals surface area contributed by atoms with Crippen LogP contribution in [0.4, 0.5) is 5.69 Å². The number of carbonyl (C=O) groups excluding carboxylic acids is 1. The molecule has 3 aromatic rings. The number of ether oxygens (including phenoxy) is 3. The molecular formula is C29H32N4O4. The molecule has 0 saturated heterocycles. The van der Waals surface area contributed by atoms with Crippen LogP contribution in [-0.4, -0.2) is 41.5 Å². The van der Waals surface area contributed by atoms with Gasteiger partial charge in [0, 0.05) is 17.3 Å². The smallest absolute Gasteiger partial charge is 0.260 e. The molecule has 192 valence electrons. The third-order valence-corrected chi connectivity index (χ3v) is 6.10. The van der Waals surface area contributed by atoms with E-state index in [-0.39, 0.29) is 5.91 Å². The first kappa shape index (κ1) is 25.8. The Balaban J connectivity index is 1.57. The van der Waals surface area contributed by atoms with Crippen molar-refractivity contribution in [2.45, 2.75) is 33.9 Å². The standard InChI is InChI=1S/C29H32N4O4/c1-7-20(14-27(35-5)19(3)4)24-13-12-23-25(31-24)18-33(29(23)34)22-15-30-32(17-22)16-21-10-9-11-26(37-8-2)28(21)36-6/h7,9-15,17H,1,8,16,18H2,2-6H3/b20-14+. The van der Waals surface area contributed by atoms with E-state index in [0.717, 1.165) is 28.2 Å². The summed E-state index contributed by atoms with van der Waals surface area (Å²) in [6, 6.07) is 9.44. The zero-order valence-electron chi connectivity index (χ0n) is 21.9. The Morgan fingerprint density at radius 1 is 1.19 bits per heavy atom. The number of hydrogen-bond acceptors (Lipinski definition) is 6. The van der Waals surface area contributed by atoms with E-state index in [9.17, 15) is 4.79 Å². The molecule has 0 radical (unpaired) electrons. The first-order valence-electron chi connectivity index (χ1n) is 12.1. The van der Waals surface area contributed by atoms with Crippen LogP contribution in [-0.2, 0) is 17.8 Å². The Labute approximate surface area is 217 Å². The molecule has 0 atom stereocenters. The summed E-state index contributed by atoms with van der Waals surface area (Å²) in [7, 11) is 3.26. The molecule has 1 aliphatic rings. The lowest BCUT2D eigenvalue weighted by Crippen LogP contribution is -2.22. The molecule has 0 saturated carbocycles. The summed E-state index contributed by atoms with van der Waals surface area (Å²) in [5.74, 6) is 2.02. The molecule has 0 N–H and O–H groups in total. The number of methoxy groups -OCH3 is 2. The summed E-state index contributed by atoms with van der Waals surface area (Å²) in [6.45, 7) is 11.2. The molecule has 37 heavy (non-hydrogen) atoms. The van der Waals surface area contributed by atoms with Crippen LogP contribution in [0.25, 0.3) is 5.57 Å². The fourth-order valence-corrected chi connectivity index (χ4v) is 4.28. The number of pyridine rings is 1. The molecular weight excluding hydrogens is 468 g/mol. The molecule has 3 heterocycles. The maximum atomic E-state index is 13.2. The second-order valence-electron chi connectivity index (χ2n) is 8.73. The van der Waals surface area contributed by atoms with Crippen molar-refractivity contribution in [3.05, 3.63) is 95.3 Å². The van der Waals surface area contributed by atoms with Crippen molar-refractivity contribution in [2.75, 3.05) is 25.7 Å². The highest BCUT2D eigenvalue weighted by molar-refractivity contribution is 6.09. The van der Waals surface area contributed by atoms with Gasteiger partial charge >= 0.3 is 0 Å². The molecule has 1 aromatic carbocycles. The molecule has 2 aromatic heterocycles. The van der Waals surface area contributed by atoms with E-state index in [1.165, 1.54) is 0 Å². The van der Waals surface area contributed by atoms with Crippen LogP contribution in [0.15, 0.2) is 72.8 Å². The number of amides is 1. The van der Waals surface area contributed by atoms with Crippen LogP contribution in [0, 0.1) is 0 Å². The highest BCUT2D eigenvalue weighted by Gasteiger charge is 2.31. The van der Waals surface area contributed by atoms with Gasteiger partial charge in [-0.25, -0.2) is 0 Å². The second-order valence-corrected chi connectivity index (χ2v) is 8.73. The van der Waals surface area contributed by atoms with Crippen molar-refractivity contribution in [1.29, 1.82) is 0 Å². The van der Waals surface area contributed by atoms with Crippen molar-refractivity contribution in [3.63, 3.8) is 0 Å². The molecule has 0 unspecified atom stereocenters. The Morgan fingerprint density at radius 2 is 2.00 bits per heavy atom. The lowest BCUT2D eigenvalue weighted by molar-refractivity contribution is 0.0996. The van der Waals surface area contributed by atoms with E-state index in [0.29, 0.717) is 48.1 Å². The first-order chi connectivity index (χ1) is 17.9. The number of rotatable bonds is 10. The fourth-order valence-electron chi connectivity index (χ4n) is 4.28. The second kappa shape index (κ2) is 11.2. The predicted molar refractivity (Wildman–Crippen MR) is 144 cm³/mol. The number of carbonyl (C=O) groups is 1. The van der Waals surface area contributed by atoms with Gasteiger partial charge in [0.25, 0.3) is 5.91 Å². The summed E-state index contributed by atoms with van der Waals surface area (Å²) in [5, 5.41) is 4.49. The highest BCUT2D eigenvalue weighted by atomic mass is 16.5. The maximum absolute atomic E-state index is 13.2. The molecule has 0 bridgehead atoms. The van der Waals surface area contributed by atoms with Gasteiger partial charge < -0.3 is 14.2 Å². The molecule has 0 fully saturated rings. The molecule has 1 amide bonds. The summed E-state index contributed by atoms with van der Waals surface area (Å²) < 4.78 is 18.5. The Morgan fingerprint density at radius 3 is 2.68 bits per heavy atom. The van der Waals surface area contributed by atoms with E-state index in [1.54, 1.807) is 36.1 Å². The van der Waals surface area contributed by atoms with Crippen molar-refractivity contribution >= 4 is 17.2 Å². The zero-order valence-corrected chi connectivity index (χ0v) is 21.9. The minimum absolute atomic E-state index is 0.101. The van der Waals surface area contributed by atoms with Crippen molar-refractivity contribution < 1.29 is 19.0 Å². The predicted octanol–water partition coefficient (Wildman–Crippen LogP) is 5.40. The van der Waals surface area contributed by atoms with Crippen LogP contribution in [0.3, 0.4) is 0 Å². The van der Waals surface area contributed by atoms with Crippen molar-refractivity contribution in [2.24, 2.45) is 0 Å². The Hall–Kier alpha value is -4.33. The Kier molecular flexibility index (Phi) is 7.77. The van der Waals surface area contributed by atoms with Gasteiger partial charge in [-0.3, -0.25) is 19.4 Å². The van der Waals surface area contributed by atoms with Gasteiger partial charge in [0.05, 0.1) is 62.8 Å². The quantitative estimate of drug-likeness (QED) is 0.274. The highest BCUT2D eigenvalue weighted by Crippen LogP contribution is 2.33. The van der Waals surface area contributed by atoms with Gasteiger partial charge in [-0.2, -0.15) is 5.10 Å². The summed E-state index contributed by atoms with van der Waals surface area (Å²) in [4.78, 5) is 19.7. The number of aromatic nitrogens is 3. The van der Waals surface area contributed by atoms with E-state index < -0.39 is 0 Å². The zero-order chi connectivity index (χ0) is 26.5. The van der Waals surface area contributed by atoms with Crippen LogP contribution in [0.2, 0.25) is 0 Å². The minimum atomic E-state index is -0.101. The van der Waals surface area contributed by atoms with E-state index >= 15 is 0 Å². The van der Waals surface area contributed by atoms with Crippen molar-refractivity contribution in [1.82, 2.24) is 14.8 Å². The van der Waals surface area contributed by atoms with Crippen molar-refractivity contribution in [3.8, 4) is 11.5 Å². The number of allylic oxidation sites excluding steroid dienone is 4. The number of anilines is 1. The summed E-state index contributed by atoms with van der Waals surface area (Å²) >= 11 is 0. The van der Waals surface area contributed by atoms with Crippen LogP contribution < -0.4 is 14.4 Å². The topological polar surface area (TPSA) is 78.7 Å².